The first kappa shape index (κ1) is 12.7. The largest absolute Gasteiger partial charge is 0.489 e. The summed E-state index contributed by atoms with van der Waals surface area (Å²) in [6, 6.07) is 9.28. The zero-order valence-electron chi connectivity index (χ0n) is 9.98. The van der Waals surface area contributed by atoms with Crippen molar-refractivity contribution in [3.63, 3.8) is 0 Å². The molecular formula is C13H14ClN3O. The van der Waals surface area contributed by atoms with E-state index in [1.807, 2.05) is 31.2 Å². The van der Waals surface area contributed by atoms with E-state index in [0.717, 1.165) is 21.9 Å². The molecule has 1 aromatic heterocycles. The van der Waals surface area contributed by atoms with E-state index in [-0.39, 0.29) is 0 Å². The average Bonchev–Trinajstić information content (AvgIpc) is 2.41. The molecule has 1 aromatic carbocycles. The van der Waals surface area contributed by atoms with Crippen LogP contribution in [0.4, 0.5) is 5.82 Å². The first-order chi connectivity index (χ1) is 8.69. The Labute approximate surface area is 111 Å². The molecule has 5 heteroatoms. The smallest absolute Gasteiger partial charge is 0.139 e. The van der Waals surface area contributed by atoms with E-state index in [9.17, 15) is 0 Å². The van der Waals surface area contributed by atoms with E-state index in [0.29, 0.717) is 12.4 Å². The van der Waals surface area contributed by atoms with Crippen LogP contribution in [0.5, 0.6) is 5.75 Å². The second kappa shape index (κ2) is 5.71. The fourth-order valence-corrected chi connectivity index (χ4v) is 1.59. The van der Waals surface area contributed by atoms with Crippen LogP contribution >= 0.6 is 11.6 Å². The van der Waals surface area contributed by atoms with Gasteiger partial charge in [0, 0.05) is 16.8 Å². The number of halogens is 1. The van der Waals surface area contributed by atoms with Gasteiger partial charge in [-0.1, -0.05) is 17.7 Å². The zero-order chi connectivity index (χ0) is 13.0. The third-order valence-electron chi connectivity index (χ3n) is 2.51. The SMILES string of the molecule is Cc1cc(OCc2ccc(NN)nc2)ccc1Cl. The van der Waals surface area contributed by atoms with E-state index in [1.54, 1.807) is 12.3 Å². The molecule has 94 valence electrons. The number of hydrogen-bond donors (Lipinski definition) is 2. The molecule has 0 atom stereocenters. The van der Waals surface area contributed by atoms with Crippen molar-refractivity contribution in [1.82, 2.24) is 4.98 Å². The molecule has 0 radical (unpaired) electrons. The second-order valence-electron chi connectivity index (χ2n) is 3.90. The fourth-order valence-electron chi connectivity index (χ4n) is 1.47. The van der Waals surface area contributed by atoms with E-state index in [2.05, 4.69) is 10.4 Å². The van der Waals surface area contributed by atoms with Crippen LogP contribution in [0.2, 0.25) is 5.02 Å². The molecule has 0 amide bonds. The maximum Gasteiger partial charge on any atom is 0.139 e. The number of benzene rings is 1. The van der Waals surface area contributed by atoms with Crippen LogP contribution in [-0.4, -0.2) is 4.98 Å². The topological polar surface area (TPSA) is 60.2 Å². The minimum atomic E-state index is 0.457. The van der Waals surface area contributed by atoms with Gasteiger partial charge in [-0.25, -0.2) is 10.8 Å². The minimum Gasteiger partial charge on any atom is -0.489 e. The molecule has 0 saturated heterocycles. The summed E-state index contributed by atoms with van der Waals surface area (Å²) in [5, 5.41) is 0.738. The molecule has 1 heterocycles. The molecule has 0 spiro atoms. The Morgan fingerprint density at radius 1 is 1.33 bits per heavy atom. The number of hydrazine groups is 1. The number of nitrogens with one attached hydrogen (secondary N) is 1. The van der Waals surface area contributed by atoms with Gasteiger partial charge in [0.15, 0.2) is 0 Å². The molecule has 18 heavy (non-hydrogen) atoms. The normalized spacial score (nSPS) is 10.2. The van der Waals surface area contributed by atoms with Crippen molar-refractivity contribution in [2.75, 3.05) is 5.43 Å². The molecule has 0 bridgehead atoms. The van der Waals surface area contributed by atoms with Gasteiger partial charge in [-0.15, -0.1) is 0 Å². The molecule has 0 unspecified atom stereocenters. The fraction of sp³-hybridized carbons (Fsp3) is 0.154. The van der Waals surface area contributed by atoms with E-state index in [1.165, 1.54) is 0 Å². The number of aromatic nitrogens is 1. The van der Waals surface area contributed by atoms with Gasteiger partial charge in [0.2, 0.25) is 0 Å². The van der Waals surface area contributed by atoms with Gasteiger partial charge >= 0.3 is 0 Å². The van der Waals surface area contributed by atoms with Crippen LogP contribution < -0.4 is 16.0 Å². The lowest BCUT2D eigenvalue weighted by Gasteiger charge is -2.08. The highest BCUT2D eigenvalue weighted by Crippen LogP contribution is 2.21. The highest BCUT2D eigenvalue weighted by Gasteiger charge is 2.00. The van der Waals surface area contributed by atoms with Crippen LogP contribution in [0.15, 0.2) is 36.5 Å². The first-order valence-electron chi connectivity index (χ1n) is 5.49. The lowest BCUT2D eigenvalue weighted by Crippen LogP contribution is -2.08. The monoisotopic (exact) mass is 263 g/mol. The summed E-state index contributed by atoms with van der Waals surface area (Å²) in [6.07, 6.45) is 1.72. The van der Waals surface area contributed by atoms with Gasteiger partial charge in [0.1, 0.15) is 18.2 Å². The third-order valence-corrected chi connectivity index (χ3v) is 2.93. The van der Waals surface area contributed by atoms with Crippen LogP contribution in [-0.2, 0) is 6.61 Å². The number of pyridine rings is 1. The molecule has 3 N–H and O–H groups in total. The van der Waals surface area contributed by atoms with E-state index in [4.69, 9.17) is 22.2 Å². The number of nitrogens with zero attached hydrogens (tertiary/aromatic N) is 1. The molecule has 0 aliphatic rings. The third kappa shape index (κ3) is 3.12. The molecule has 0 aliphatic carbocycles. The predicted molar refractivity (Wildman–Crippen MR) is 72.6 cm³/mol. The van der Waals surface area contributed by atoms with Crippen LogP contribution in [0.25, 0.3) is 0 Å². The Bertz CT molecular complexity index is 528. The molecule has 2 aromatic rings. The van der Waals surface area contributed by atoms with Crippen LogP contribution in [0.3, 0.4) is 0 Å². The summed E-state index contributed by atoms with van der Waals surface area (Å²) in [5.74, 6) is 6.66. The van der Waals surface area contributed by atoms with Crippen molar-refractivity contribution in [2.24, 2.45) is 5.84 Å². The van der Waals surface area contributed by atoms with E-state index < -0.39 is 0 Å². The van der Waals surface area contributed by atoms with Crippen LogP contribution in [0.1, 0.15) is 11.1 Å². The van der Waals surface area contributed by atoms with Crippen molar-refractivity contribution in [1.29, 1.82) is 0 Å². The Morgan fingerprint density at radius 3 is 2.78 bits per heavy atom. The van der Waals surface area contributed by atoms with Crippen molar-refractivity contribution < 1.29 is 4.74 Å². The Morgan fingerprint density at radius 2 is 2.17 bits per heavy atom. The predicted octanol–water partition coefficient (Wildman–Crippen LogP) is 2.91. The Hall–Kier alpha value is -1.78. The van der Waals surface area contributed by atoms with Gasteiger partial charge < -0.3 is 10.2 Å². The summed E-state index contributed by atoms with van der Waals surface area (Å²) in [7, 11) is 0. The van der Waals surface area contributed by atoms with Gasteiger partial charge in [-0.3, -0.25) is 0 Å². The number of hydrogen-bond acceptors (Lipinski definition) is 4. The summed E-state index contributed by atoms with van der Waals surface area (Å²) < 4.78 is 5.65. The van der Waals surface area contributed by atoms with Gasteiger partial charge in [0.05, 0.1) is 0 Å². The summed E-state index contributed by atoms with van der Waals surface area (Å²) in [6.45, 7) is 2.40. The maximum absolute atomic E-state index is 5.95. The lowest BCUT2D eigenvalue weighted by atomic mass is 10.2. The number of aryl methyl sites for hydroxylation is 1. The highest BCUT2D eigenvalue weighted by molar-refractivity contribution is 6.31. The summed E-state index contributed by atoms with van der Waals surface area (Å²) in [5.41, 5.74) is 4.44. The van der Waals surface area contributed by atoms with Gasteiger partial charge in [-0.05, 0) is 36.8 Å². The lowest BCUT2D eigenvalue weighted by molar-refractivity contribution is 0.305. The molecule has 0 fully saturated rings. The summed E-state index contributed by atoms with van der Waals surface area (Å²) >= 11 is 5.95. The summed E-state index contributed by atoms with van der Waals surface area (Å²) in [4.78, 5) is 4.10. The van der Waals surface area contributed by atoms with E-state index >= 15 is 0 Å². The van der Waals surface area contributed by atoms with Gasteiger partial charge in [-0.2, -0.15) is 0 Å². The second-order valence-corrected chi connectivity index (χ2v) is 4.30. The van der Waals surface area contributed by atoms with Crippen molar-refractivity contribution >= 4 is 17.4 Å². The Kier molecular flexibility index (Phi) is 4.02. The number of nitrogen functional groups attached to an aromatic ring is 1. The van der Waals surface area contributed by atoms with Crippen molar-refractivity contribution in [2.45, 2.75) is 13.5 Å². The standard InChI is InChI=1S/C13H14ClN3O/c1-9-6-11(3-4-12(9)14)18-8-10-2-5-13(17-15)16-7-10/h2-7H,8,15H2,1H3,(H,16,17). The highest BCUT2D eigenvalue weighted by atomic mass is 35.5. The molecular weight excluding hydrogens is 250 g/mol. The maximum atomic E-state index is 5.95. The first-order valence-corrected chi connectivity index (χ1v) is 5.87. The van der Waals surface area contributed by atoms with Crippen molar-refractivity contribution in [3.8, 4) is 5.75 Å². The zero-order valence-corrected chi connectivity index (χ0v) is 10.7. The molecule has 4 nitrogen and oxygen atoms in total. The number of ether oxygens (including phenoxy) is 1. The quantitative estimate of drug-likeness (QED) is 0.658. The number of rotatable bonds is 4. The van der Waals surface area contributed by atoms with Crippen molar-refractivity contribution in [3.05, 3.63) is 52.7 Å². The molecule has 2 rings (SSSR count). The molecule has 0 aliphatic heterocycles. The Balaban J connectivity index is 1.99. The minimum absolute atomic E-state index is 0.457. The molecule has 0 saturated carbocycles. The van der Waals surface area contributed by atoms with Crippen LogP contribution in [0, 0.1) is 6.92 Å². The number of nitrogens with two attached hydrogens (primary N) is 1. The van der Waals surface area contributed by atoms with Gasteiger partial charge in [0.25, 0.3) is 0 Å². The average molecular weight is 264 g/mol. The number of anilines is 1.